The van der Waals surface area contributed by atoms with Crippen molar-refractivity contribution in [1.82, 2.24) is 4.98 Å². The van der Waals surface area contributed by atoms with Gasteiger partial charge in [-0.2, -0.15) is 0 Å². The van der Waals surface area contributed by atoms with Crippen molar-refractivity contribution < 1.29 is 9.84 Å². The third-order valence-electron chi connectivity index (χ3n) is 3.88. The highest BCUT2D eigenvalue weighted by molar-refractivity contribution is 5.40. The Morgan fingerprint density at radius 1 is 1.33 bits per heavy atom. The van der Waals surface area contributed by atoms with Crippen LogP contribution in [0.25, 0.3) is 0 Å². The summed E-state index contributed by atoms with van der Waals surface area (Å²) in [4.78, 5) is 4.53. The van der Waals surface area contributed by atoms with Crippen molar-refractivity contribution in [2.24, 2.45) is 5.92 Å². The summed E-state index contributed by atoms with van der Waals surface area (Å²) < 4.78 is 5.96. The lowest BCUT2D eigenvalue weighted by molar-refractivity contribution is 0.161. The van der Waals surface area contributed by atoms with Gasteiger partial charge in [-0.3, -0.25) is 4.98 Å². The molecule has 18 heavy (non-hydrogen) atoms. The zero-order valence-electron chi connectivity index (χ0n) is 11.0. The van der Waals surface area contributed by atoms with E-state index in [9.17, 15) is 5.11 Å². The second-order valence-corrected chi connectivity index (χ2v) is 5.64. The number of aliphatic hydroxyl groups is 1. The molecule has 0 spiro atoms. The molecule has 1 aromatic rings. The van der Waals surface area contributed by atoms with Crippen LogP contribution in [0, 0.1) is 12.8 Å². The van der Waals surface area contributed by atoms with Crippen LogP contribution in [0.3, 0.4) is 0 Å². The Morgan fingerprint density at radius 2 is 2.17 bits per heavy atom. The fraction of sp³-hybridized carbons (Fsp3) is 0.667. The molecular formula is C15H21NO2. The van der Waals surface area contributed by atoms with E-state index < -0.39 is 6.10 Å². The van der Waals surface area contributed by atoms with Crippen molar-refractivity contribution in [3.8, 4) is 5.75 Å². The Bertz CT molecular complexity index is 440. The highest BCUT2D eigenvalue weighted by Crippen LogP contribution is 2.35. The summed E-state index contributed by atoms with van der Waals surface area (Å²) >= 11 is 0. The summed E-state index contributed by atoms with van der Waals surface area (Å²) in [5, 5.41) is 10.2. The molecule has 0 radical (unpaired) electrons. The zero-order chi connectivity index (χ0) is 12.5. The number of ether oxygens (including phenoxy) is 1. The average Bonchev–Trinajstić information content (AvgIpc) is 3.16. The van der Waals surface area contributed by atoms with Crippen LogP contribution in [0.2, 0.25) is 0 Å². The van der Waals surface area contributed by atoms with Gasteiger partial charge in [0.2, 0.25) is 0 Å². The first-order valence-electron chi connectivity index (χ1n) is 7.05. The molecule has 2 aliphatic rings. The van der Waals surface area contributed by atoms with Crippen LogP contribution in [0.1, 0.15) is 55.2 Å². The first-order valence-corrected chi connectivity index (χ1v) is 7.05. The van der Waals surface area contributed by atoms with Gasteiger partial charge in [0.1, 0.15) is 5.75 Å². The molecule has 1 N–H and O–H groups in total. The number of aromatic nitrogens is 1. The van der Waals surface area contributed by atoms with Crippen LogP contribution < -0.4 is 4.74 Å². The van der Waals surface area contributed by atoms with Crippen molar-refractivity contribution in [1.29, 1.82) is 0 Å². The number of nitrogens with zero attached hydrogens (tertiary/aromatic N) is 1. The molecule has 1 aromatic heterocycles. The number of rotatable bonds is 3. The molecule has 0 aliphatic heterocycles. The van der Waals surface area contributed by atoms with E-state index in [4.69, 9.17) is 4.74 Å². The van der Waals surface area contributed by atoms with E-state index in [1.807, 2.05) is 13.0 Å². The Labute approximate surface area is 108 Å². The highest BCUT2D eigenvalue weighted by Gasteiger charge is 2.25. The quantitative estimate of drug-likeness (QED) is 0.835. The predicted molar refractivity (Wildman–Crippen MR) is 69.7 cm³/mol. The van der Waals surface area contributed by atoms with E-state index in [1.165, 1.54) is 12.8 Å². The largest absolute Gasteiger partial charge is 0.493 e. The minimum Gasteiger partial charge on any atom is -0.493 e. The molecule has 0 amide bonds. The summed E-state index contributed by atoms with van der Waals surface area (Å²) in [5.41, 5.74) is 2.95. The summed E-state index contributed by atoms with van der Waals surface area (Å²) in [6, 6.07) is 2.03. The Balaban J connectivity index is 1.90. The SMILES string of the molecule is Cc1cc(OCC2CC2)c2c(n1)C(O)CCCC2. The van der Waals surface area contributed by atoms with Crippen LogP contribution in [-0.4, -0.2) is 16.7 Å². The maximum Gasteiger partial charge on any atom is 0.126 e. The first kappa shape index (κ1) is 12.0. The first-order chi connectivity index (χ1) is 8.74. The third-order valence-corrected chi connectivity index (χ3v) is 3.88. The molecule has 0 aromatic carbocycles. The summed E-state index contributed by atoms with van der Waals surface area (Å²) in [5.74, 6) is 1.72. The van der Waals surface area contributed by atoms with E-state index in [2.05, 4.69) is 4.98 Å². The fourth-order valence-corrected chi connectivity index (χ4v) is 2.62. The second kappa shape index (κ2) is 4.88. The van der Waals surface area contributed by atoms with E-state index in [0.717, 1.165) is 60.9 Å². The summed E-state index contributed by atoms with van der Waals surface area (Å²) in [7, 11) is 0. The van der Waals surface area contributed by atoms with Gasteiger partial charge in [-0.25, -0.2) is 0 Å². The van der Waals surface area contributed by atoms with Gasteiger partial charge in [-0.1, -0.05) is 6.42 Å². The molecule has 2 aliphatic carbocycles. The standard InChI is InChI=1S/C15H21NO2/c1-10-8-14(18-9-11-6-7-11)12-4-2-3-5-13(17)15(12)16-10/h8,11,13,17H,2-7,9H2,1H3. The van der Waals surface area contributed by atoms with Gasteiger partial charge in [0.05, 0.1) is 18.4 Å². The van der Waals surface area contributed by atoms with Crippen molar-refractivity contribution in [3.05, 3.63) is 23.0 Å². The number of hydrogen-bond acceptors (Lipinski definition) is 3. The molecule has 3 heteroatoms. The normalized spacial score (nSPS) is 23.3. The van der Waals surface area contributed by atoms with Gasteiger partial charge in [0.15, 0.2) is 0 Å². The molecular weight excluding hydrogens is 226 g/mol. The van der Waals surface area contributed by atoms with E-state index >= 15 is 0 Å². The van der Waals surface area contributed by atoms with Gasteiger partial charge in [0.25, 0.3) is 0 Å². The number of aryl methyl sites for hydroxylation is 1. The monoisotopic (exact) mass is 247 g/mol. The molecule has 0 bridgehead atoms. The maximum atomic E-state index is 10.2. The van der Waals surface area contributed by atoms with Crippen LogP contribution >= 0.6 is 0 Å². The average molecular weight is 247 g/mol. The van der Waals surface area contributed by atoms with Crippen molar-refractivity contribution in [2.45, 2.75) is 51.6 Å². The molecule has 98 valence electrons. The molecule has 3 rings (SSSR count). The lowest BCUT2D eigenvalue weighted by Gasteiger charge is -2.16. The molecule has 3 nitrogen and oxygen atoms in total. The lowest BCUT2D eigenvalue weighted by atomic mass is 10.1. The van der Waals surface area contributed by atoms with Crippen LogP contribution in [0.5, 0.6) is 5.75 Å². The van der Waals surface area contributed by atoms with Crippen molar-refractivity contribution in [2.75, 3.05) is 6.61 Å². The van der Waals surface area contributed by atoms with Gasteiger partial charge in [-0.05, 0) is 44.9 Å². The predicted octanol–water partition coefficient (Wildman–Crippen LogP) is 2.94. The van der Waals surface area contributed by atoms with E-state index in [0.29, 0.717) is 0 Å². The maximum absolute atomic E-state index is 10.2. The number of hydrogen-bond donors (Lipinski definition) is 1. The van der Waals surface area contributed by atoms with E-state index in [1.54, 1.807) is 0 Å². The summed E-state index contributed by atoms with van der Waals surface area (Å²) in [6.45, 7) is 2.80. The fourth-order valence-electron chi connectivity index (χ4n) is 2.62. The smallest absolute Gasteiger partial charge is 0.126 e. The minimum atomic E-state index is -0.411. The third kappa shape index (κ3) is 2.51. The molecule has 0 saturated heterocycles. The zero-order valence-corrected chi connectivity index (χ0v) is 11.0. The van der Waals surface area contributed by atoms with Crippen molar-refractivity contribution >= 4 is 0 Å². The molecule has 1 heterocycles. The lowest BCUT2D eigenvalue weighted by Crippen LogP contribution is -2.08. The van der Waals surface area contributed by atoms with Crippen molar-refractivity contribution in [3.63, 3.8) is 0 Å². The topological polar surface area (TPSA) is 42.4 Å². The molecule has 1 unspecified atom stereocenters. The number of fused-ring (bicyclic) bond motifs is 1. The molecule has 1 saturated carbocycles. The van der Waals surface area contributed by atoms with Crippen LogP contribution in [0.4, 0.5) is 0 Å². The highest BCUT2D eigenvalue weighted by atomic mass is 16.5. The number of pyridine rings is 1. The van der Waals surface area contributed by atoms with Gasteiger partial charge in [0, 0.05) is 17.3 Å². The minimum absolute atomic E-state index is 0.411. The Kier molecular flexibility index (Phi) is 3.25. The molecule has 1 fully saturated rings. The number of aliphatic hydroxyl groups excluding tert-OH is 1. The Morgan fingerprint density at radius 3 is 2.94 bits per heavy atom. The van der Waals surface area contributed by atoms with Gasteiger partial charge >= 0.3 is 0 Å². The van der Waals surface area contributed by atoms with Crippen LogP contribution in [0.15, 0.2) is 6.07 Å². The Hall–Kier alpha value is -1.09. The van der Waals surface area contributed by atoms with E-state index in [-0.39, 0.29) is 0 Å². The molecule has 1 atom stereocenters. The van der Waals surface area contributed by atoms with Gasteiger partial charge in [-0.15, -0.1) is 0 Å². The second-order valence-electron chi connectivity index (χ2n) is 5.64. The summed E-state index contributed by atoms with van der Waals surface area (Å²) in [6.07, 6.45) is 6.19. The van der Waals surface area contributed by atoms with Gasteiger partial charge < -0.3 is 9.84 Å². The van der Waals surface area contributed by atoms with Crippen LogP contribution in [-0.2, 0) is 6.42 Å².